The van der Waals surface area contributed by atoms with Gasteiger partial charge in [0.15, 0.2) is 5.60 Å². The first-order valence-corrected chi connectivity index (χ1v) is 7.57. The van der Waals surface area contributed by atoms with Crippen molar-refractivity contribution in [1.29, 1.82) is 0 Å². The number of carbonyl (C=O) groups excluding carboxylic acids is 1. The summed E-state index contributed by atoms with van der Waals surface area (Å²) in [5.74, 6) is -0.763. The van der Waals surface area contributed by atoms with E-state index >= 15 is 0 Å². The Hall–Kier alpha value is -3.00. The lowest BCUT2D eigenvalue weighted by molar-refractivity contribution is -0.385. The summed E-state index contributed by atoms with van der Waals surface area (Å²) in [5, 5.41) is 23.9. The normalized spacial score (nSPS) is 13.1. The van der Waals surface area contributed by atoms with Crippen LogP contribution in [0.1, 0.15) is 18.2 Å². The van der Waals surface area contributed by atoms with Crippen molar-refractivity contribution >= 4 is 17.3 Å². The summed E-state index contributed by atoms with van der Waals surface area (Å²) in [7, 11) is 0. The molecule has 1 heterocycles. The first-order chi connectivity index (χ1) is 11.6. The second-order valence-electron chi connectivity index (χ2n) is 6.08. The van der Waals surface area contributed by atoms with E-state index in [-0.39, 0.29) is 23.5 Å². The van der Waals surface area contributed by atoms with Crippen LogP contribution in [0.4, 0.5) is 11.4 Å². The smallest absolute Gasteiger partial charge is 0.274 e. The largest absolute Gasteiger partial charge is 0.378 e. The van der Waals surface area contributed by atoms with Crippen molar-refractivity contribution < 1.29 is 14.8 Å². The Morgan fingerprint density at radius 2 is 2.00 bits per heavy atom. The zero-order valence-corrected chi connectivity index (χ0v) is 14.1. The van der Waals surface area contributed by atoms with Crippen molar-refractivity contribution in [1.82, 2.24) is 4.57 Å². The number of nitro groups is 1. The van der Waals surface area contributed by atoms with E-state index in [0.717, 1.165) is 0 Å². The van der Waals surface area contributed by atoms with Crippen LogP contribution < -0.4 is 10.9 Å². The van der Waals surface area contributed by atoms with Crippen LogP contribution >= 0.6 is 0 Å². The van der Waals surface area contributed by atoms with Crippen molar-refractivity contribution in [3.05, 3.63) is 68.1 Å². The van der Waals surface area contributed by atoms with Gasteiger partial charge in [-0.05, 0) is 32.9 Å². The van der Waals surface area contributed by atoms with E-state index in [1.165, 1.54) is 35.8 Å². The standard InChI is InChI=1S/C17H19N3O5/c1-11-7-8-13(9-14(11)20(24)25)18-16(22)17(3,23)10-19-12(2)5-4-6-15(19)21/h4-9,23H,10H2,1-3H3,(H,18,22). The third kappa shape index (κ3) is 4.10. The molecule has 0 bridgehead atoms. The van der Waals surface area contributed by atoms with Gasteiger partial charge < -0.3 is 15.0 Å². The Kier molecular flexibility index (Phi) is 5.03. The molecule has 1 atom stereocenters. The van der Waals surface area contributed by atoms with E-state index in [9.17, 15) is 24.8 Å². The lowest BCUT2D eigenvalue weighted by Crippen LogP contribution is -2.46. The number of aryl methyl sites for hydroxylation is 2. The molecular weight excluding hydrogens is 326 g/mol. The minimum Gasteiger partial charge on any atom is -0.378 e. The number of benzene rings is 1. The zero-order chi connectivity index (χ0) is 18.8. The maximum Gasteiger partial charge on any atom is 0.274 e. The number of rotatable bonds is 5. The SMILES string of the molecule is Cc1ccc(NC(=O)C(C)(O)Cn2c(C)cccc2=O)cc1[N+](=O)[O-]. The van der Waals surface area contributed by atoms with Crippen molar-refractivity contribution in [3.63, 3.8) is 0 Å². The molecule has 0 radical (unpaired) electrons. The van der Waals surface area contributed by atoms with Gasteiger partial charge in [0.25, 0.3) is 17.2 Å². The Morgan fingerprint density at radius 3 is 2.60 bits per heavy atom. The van der Waals surface area contributed by atoms with Crippen LogP contribution in [0.25, 0.3) is 0 Å². The fraction of sp³-hybridized carbons (Fsp3) is 0.294. The van der Waals surface area contributed by atoms with Gasteiger partial charge in [0, 0.05) is 29.1 Å². The second-order valence-corrected chi connectivity index (χ2v) is 6.08. The Labute approximate surface area is 143 Å². The van der Waals surface area contributed by atoms with Gasteiger partial charge in [0.05, 0.1) is 11.5 Å². The van der Waals surface area contributed by atoms with Crippen LogP contribution in [-0.2, 0) is 11.3 Å². The van der Waals surface area contributed by atoms with E-state index in [1.54, 1.807) is 26.0 Å². The first kappa shape index (κ1) is 18.3. The van der Waals surface area contributed by atoms with E-state index in [4.69, 9.17) is 0 Å². The summed E-state index contributed by atoms with van der Waals surface area (Å²) < 4.78 is 1.29. The van der Waals surface area contributed by atoms with Gasteiger partial charge in [-0.25, -0.2) is 0 Å². The molecule has 8 nitrogen and oxygen atoms in total. The summed E-state index contributed by atoms with van der Waals surface area (Å²) >= 11 is 0. The molecule has 1 amide bonds. The van der Waals surface area contributed by atoms with E-state index < -0.39 is 16.4 Å². The average Bonchev–Trinajstić information content (AvgIpc) is 2.52. The summed E-state index contributed by atoms with van der Waals surface area (Å²) in [6.07, 6.45) is 0. The number of nitrogens with zero attached hydrogens (tertiary/aromatic N) is 2. The topological polar surface area (TPSA) is 114 Å². The molecule has 0 aliphatic heterocycles. The minimum atomic E-state index is -1.88. The molecule has 0 aliphatic rings. The van der Waals surface area contributed by atoms with Gasteiger partial charge in [-0.2, -0.15) is 0 Å². The molecule has 2 N–H and O–H groups in total. The summed E-state index contributed by atoms with van der Waals surface area (Å²) in [5.41, 5.74) is -1.09. The van der Waals surface area contributed by atoms with Gasteiger partial charge in [0.1, 0.15) is 0 Å². The molecule has 25 heavy (non-hydrogen) atoms. The number of hydrogen-bond donors (Lipinski definition) is 2. The van der Waals surface area contributed by atoms with E-state index in [2.05, 4.69) is 5.32 Å². The average molecular weight is 345 g/mol. The molecule has 1 aromatic carbocycles. The quantitative estimate of drug-likeness (QED) is 0.633. The number of amides is 1. The predicted octanol–water partition coefficient (Wildman–Crippen LogP) is 1.76. The number of carbonyl (C=O) groups is 1. The Balaban J connectivity index is 2.23. The number of nitro benzene ring substituents is 1. The summed E-state index contributed by atoms with van der Waals surface area (Å²) in [6.45, 7) is 4.32. The van der Waals surface area contributed by atoms with Gasteiger partial charge in [-0.15, -0.1) is 0 Å². The second kappa shape index (κ2) is 6.86. The predicted molar refractivity (Wildman–Crippen MR) is 92.5 cm³/mol. The molecular formula is C17H19N3O5. The molecule has 0 saturated carbocycles. The van der Waals surface area contributed by atoms with E-state index in [1.807, 2.05) is 0 Å². The molecule has 0 spiro atoms. The first-order valence-electron chi connectivity index (χ1n) is 7.57. The summed E-state index contributed by atoms with van der Waals surface area (Å²) in [6, 6.07) is 8.87. The Morgan fingerprint density at radius 1 is 1.32 bits per heavy atom. The third-order valence-corrected chi connectivity index (χ3v) is 3.89. The monoisotopic (exact) mass is 345 g/mol. The van der Waals surface area contributed by atoms with Gasteiger partial charge in [0.2, 0.25) is 0 Å². The van der Waals surface area contributed by atoms with Crippen LogP contribution in [0.2, 0.25) is 0 Å². The third-order valence-electron chi connectivity index (χ3n) is 3.89. The lowest BCUT2D eigenvalue weighted by atomic mass is 10.1. The number of anilines is 1. The number of hydrogen-bond acceptors (Lipinski definition) is 5. The van der Waals surface area contributed by atoms with Crippen LogP contribution in [0.5, 0.6) is 0 Å². The maximum absolute atomic E-state index is 12.4. The van der Waals surface area contributed by atoms with Gasteiger partial charge >= 0.3 is 0 Å². The van der Waals surface area contributed by atoms with Crippen LogP contribution in [0.15, 0.2) is 41.2 Å². The highest BCUT2D eigenvalue weighted by molar-refractivity contribution is 5.97. The number of nitrogens with one attached hydrogen (secondary N) is 1. The molecule has 8 heteroatoms. The van der Waals surface area contributed by atoms with Crippen LogP contribution in [0.3, 0.4) is 0 Å². The zero-order valence-electron chi connectivity index (χ0n) is 14.1. The van der Waals surface area contributed by atoms with Crippen LogP contribution in [0, 0.1) is 24.0 Å². The fourth-order valence-electron chi connectivity index (χ4n) is 2.36. The number of pyridine rings is 1. The highest BCUT2D eigenvalue weighted by atomic mass is 16.6. The number of aliphatic hydroxyl groups is 1. The maximum atomic E-state index is 12.4. The van der Waals surface area contributed by atoms with Crippen molar-refractivity contribution in [3.8, 4) is 0 Å². The fourth-order valence-corrected chi connectivity index (χ4v) is 2.36. The van der Waals surface area contributed by atoms with Crippen molar-refractivity contribution in [2.24, 2.45) is 0 Å². The van der Waals surface area contributed by atoms with Gasteiger partial charge in [-0.1, -0.05) is 12.1 Å². The van der Waals surface area contributed by atoms with Gasteiger partial charge in [-0.3, -0.25) is 19.7 Å². The molecule has 1 aromatic heterocycles. The lowest BCUT2D eigenvalue weighted by Gasteiger charge is -2.24. The van der Waals surface area contributed by atoms with Crippen molar-refractivity contribution in [2.75, 3.05) is 5.32 Å². The molecule has 0 saturated heterocycles. The molecule has 132 valence electrons. The van der Waals surface area contributed by atoms with E-state index in [0.29, 0.717) is 11.3 Å². The van der Waals surface area contributed by atoms with Crippen molar-refractivity contribution in [2.45, 2.75) is 32.9 Å². The highest BCUT2D eigenvalue weighted by Gasteiger charge is 2.32. The minimum absolute atomic E-state index is 0.132. The molecule has 0 fully saturated rings. The number of aromatic nitrogens is 1. The van der Waals surface area contributed by atoms with Crippen LogP contribution in [-0.4, -0.2) is 26.1 Å². The highest BCUT2D eigenvalue weighted by Crippen LogP contribution is 2.23. The molecule has 1 unspecified atom stereocenters. The summed E-state index contributed by atoms with van der Waals surface area (Å²) in [4.78, 5) is 34.7. The Bertz CT molecular complexity index is 886. The molecule has 2 rings (SSSR count). The molecule has 0 aliphatic carbocycles. The molecule has 2 aromatic rings.